The van der Waals surface area contributed by atoms with Crippen molar-refractivity contribution in [3.63, 3.8) is 0 Å². The molecule has 0 heterocycles. The van der Waals surface area contributed by atoms with E-state index in [1.807, 2.05) is 0 Å². The first-order valence-corrected chi connectivity index (χ1v) is 9.47. The monoisotopic (exact) mass is 430 g/mol. The summed E-state index contributed by atoms with van der Waals surface area (Å²) in [4.78, 5) is 34.6. The van der Waals surface area contributed by atoms with E-state index >= 15 is 0 Å². The topological polar surface area (TPSA) is 125 Å². The molecule has 0 spiro atoms. The number of benzene rings is 2. The van der Waals surface area contributed by atoms with Crippen LogP contribution in [0.1, 0.15) is 48.2 Å². The van der Waals surface area contributed by atoms with E-state index < -0.39 is 29.7 Å². The highest BCUT2D eigenvalue weighted by molar-refractivity contribution is 5.95. The Labute approximate surface area is 178 Å². The molecule has 0 aliphatic carbocycles. The summed E-state index contributed by atoms with van der Waals surface area (Å²) in [5.74, 6) is -2.13. The van der Waals surface area contributed by atoms with Crippen molar-refractivity contribution in [1.29, 1.82) is 0 Å². The average Bonchev–Trinajstić information content (AvgIpc) is 2.74. The fraction of sp³-hybridized carbons (Fsp3) is 0.227. The normalized spacial score (nSPS) is 11.7. The van der Waals surface area contributed by atoms with Crippen LogP contribution in [0.3, 0.4) is 0 Å². The first-order valence-electron chi connectivity index (χ1n) is 9.47. The molecule has 0 bridgehead atoms. The lowest BCUT2D eigenvalue weighted by Gasteiger charge is -2.19. The van der Waals surface area contributed by atoms with Gasteiger partial charge < -0.3 is 9.84 Å². The van der Waals surface area contributed by atoms with Crippen LogP contribution >= 0.6 is 0 Å². The largest absolute Gasteiger partial charge is 0.505 e. The first-order chi connectivity index (χ1) is 14.8. The van der Waals surface area contributed by atoms with Crippen molar-refractivity contribution >= 4 is 23.5 Å². The predicted octanol–water partition coefficient (Wildman–Crippen LogP) is 4.26. The molecule has 0 fully saturated rings. The molecule has 8 nitrogen and oxygen atoms in total. The molecule has 9 heteroatoms. The lowest BCUT2D eigenvalue weighted by molar-refractivity contribution is -0.124. The number of Topliss-reactive ketones (excluding diaryl/α,β-unsaturated/α-hetero) is 1. The van der Waals surface area contributed by atoms with Gasteiger partial charge in [0.25, 0.3) is 5.91 Å². The zero-order valence-electron chi connectivity index (χ0n) is 16.8. The van der Waals surface area contributed by atoms with Crippen molar-refractivity contribution in [3.05, 3.63) is 71.6 Å². The Balaban J connectivity index is 2.05. The van der Waals surface area contributed by atoms with Crippen LogP contribution in [0.4, 0.5) is 14.9 Å². The minimum atomic E-state index is -0.842. The van der Waals surface area contributed by atoms with Gasteiger partial charge in [-0.25, -0.2) is 14.7 Å². The molecule has 164 valence electrons. The highest BCUT2D eigenvalue weighted by Crippen LogP contribution is 2.28. The molecule has 2 amide bonds. The summed E-state index contributed by atoms with van der Waals surface area (Å²) in [6.45, 7) is 1.43. The number of nitrogens with one attached hydrogen (secondary N) is 2. The Morgan fingerprint density at radius 3 is 2.48 bits per heavy atom. The second kappa shape index (κ2) is 11.5. The van der Waals surface area contributed by atoms with Crippen molar-refractivity contribution in [1.82, 2.24) is 5.48 Å². The maximum Gasteiger partial charge on any atom is 0.412 e. The molecule has 0 radical (unpaired) electrons. The molecular weight excluding hydrogens is 407 g/mol. The quantitative estimate of drug-likeness (QED) is 0.155. The first kappa shape index (κ1) is 23.6. The van der Waals surface area contributed by atoms with Gasteiger partial charge in [-0.05, 0) is 68.1 Å². The SMILES string of the molecule is CC(=O)c1ccc(NC(=O)O[C@@H](CCC/C=C/C(=O)NO)c2ccc(O)c(F)c2)cc1. The summed E-state index contributed by atoms with van der Waals surface area (Å²) >= 11 is 0. The van der Waals surface area contributed by atoms with Crippen LogP contribution in [-0.4, -0.2) is 28.1 Å². The minimum Gasteiger partial charge on any atom is -0.505 e. The second-order valence-corrected chi connectivity index (χ2v) is 6.67. The highest BCUT2D eigenvalue weighted by atomic mass is 19.1. The lowest BCUT2D eigenvalue weighted by atomic mass is 10.0. The molecule has 2 aromatic carbocycles. The van der Waals surface area contributed by atoms with E-state index in [-0.39, 0.29) is 5.78 Å². The summed E-state index contributed by atoms with van der Waals surface area (Å²) in [6, 6.07) is 9.97. The van der Waals surface area contributed by atoms with Crippen LogP contribution in [0.2, 0.25) is 0 Å². The summed E-state index contributed by atoms with van der Waals surface area (Å²) < 4.78 is 19.2. The van der Waals surface area contributed by atoms with Crippen LogP contribution in [0.5, 0.6) is 5.75 Å². The Morgan fingerprint density at radius 2 is 1.87 bits per heavy atom. The van der Waals surface area contributed by atoms with Crippen molar-refractivity contribution in [2.45, 2.75) is 32.3 Å². The van der Waals surface area contributed by atoms with E-state index in [0.29, 0.717) is 36.1 Å². The van der Waals surface area contributed by atoms with E-state index in [9.17, 15) is 23.9 Å². The number of aromatic hydroxyl groups is 1. The van der Waals surface area contributed by atoms with Gasteiger partial charge in [-0.1, -0.05) is 12.1 Å². The summed E-state index contributed by atoms with van der Waals surface area (Å²) in [5.41, 5.74) is 2.75. The van der Waals surface area contributed by atoms with E-state index in [0.717, 1.165) is 12.1 Å². The molecule has 0 aliphatic heterocycles. The van der Waals surface area contributed by atoms with Gasteiger partial charge in [0.05, 0.1) is 0 Å². The summed E-state index contributed by atoms with van der Waals surface area (Å²) in [6.07, 6.45) is 2.36. The Morgan fingerprint density at radius 1 is 1.16 bits per heavy atom. The van der Waals surface area contributed by atoms with Gasteiger partial charge in [0.15, 0.2) is 17.3 Å². The standard InChI is InChI=1S/C22H23FN2O6/c1-14(26)15-7-10-17(11-8-15)24-22(29)31-20(5-3-2-4-6-21(28)25-30)16-9-12-19(27)18(23)13-16/h4,6-13,20,27,30H,2-3,5H2,1H3,(H,24,29)(H,25,28)/b6-4+/t20-/m0/s1. The molecule has 31 heavy (non-hydrogen) atoms. The molecule has 4 N–H and O–H groups in total. The molecule has 2 aromatic rings. The number of phenolic OH excluding ortho intramolecular Hbond substituents is 1. The average molecular weight is 430 g/mol. The Hall–Kier alpha value is -3.72. The number of ether oxygens (including phenoxy) is 1. The molecule has 0 saturated carbocycles. The van der Waals surface area contributed by atoms with E-state index in [1.54, 1.807) is 24.3 Å². The number of unbranched alkanes of at least 4 members (excludes halogenated alkanes) is 1. The van der Waals surface area contributed by atoms with Crippen molar-refractivity contribution in [2.24, 2.45) is 0 Å². The number of amides is 2. The molecule has 1 atom stereocenters. The van der Waals surface area contributed by atoms with Crippen LogP contribution in [-0.2, 0) is 9.53 Å². The fourth-order valence-corrected chi connectivity index (χ4v) is 2.73. The third-order valence-electron chi connectivity index (χ3n) is 4.35. The van der Waals surface area contributed by atoms with Crippen LogP contribution in [0.15, 0.2) is 54.6 Å². The third kappa shape index (κ3) is 7.56. The molecule has 0 unspecified atom stereocenters. The number of allylic oxidation sites excluding steroid dienone is 1. The van der Waals surface area contributed by atoms with Crippen molar-refractivity contribution in [2.75, 3.05) is 5.32 Å². The number of anilines is 1. The van der Waals surface area contributed by atoms with Gasteiger partial charge in [-0.3, -0.25) is 20.1 Å². The fourth-order valence-electron chi connectivity index (χ4n) is 2.73. The highest BCUT2D eigenvalue weighted by Gasteiger charge is 2.18. The van der Waals surface area contributed by atoms with Gasteiger partial charge in [0, 0.05) is 17.3 Å². The number of hydroxylamine groups is 1. The predicted molar refractivity (Wildman–Crippen MR) is 110 cm³/mol. The number of carbonyl (C=O) groups excluding carboxylic acids is 3. The Kier molecular flexibility index (Phi) is 8.71. The molecule has 0 saturated heterocycles. The van der Waals surface area contributed by atoms with E-state index in [1.165, 1.54) is 30.6 Å². The van der Waals surface area contributed by atoms with Gasteiger partial charge in [0.2, 0.25) is 0 Å². The minimum absolute atomic E-state index is 0.103. The van der Waals surface area contributed by atoms with Gasteiger partial charge in [-0.15, -0.1) is 0 Å². The second-order valence-electron chi connectivity index (χ2n) is 6.67. The number of hydrogen-bond donors (Lipinski definition) is 4. The zero-order valence-corrected chi connectivity index (χ0v) is 16.8. The van der Waals surface area contributed by atoms with E-state index in [2.05, 4.69) is 5.32 Å². The molecule has 2 rings (SSSR count). The van der Waals surface area contributed by atoms with Crippen LogP contribution in [0, 0.1) is 5.82 Å². The van der Waals surface area contributed by atoms with E-state index in [4.69, 9.17) is 9.94 Å². The van der Waals surface area contributed by atoms with Crippen molar-refractivity contribution in [3.8, 4) is 5.75 Å². The van der Waals surface area contributed by atoms with Gasteiger partial charge in [-0.2, -0.15) is 0 Å². The zero-order chi connectivity index (χ0) is 22.8. The molecular formula is C22H23FN2O6. The molecule has 0 aliphatic rings. The number of carbonyl (C=O) groups is 3. The maximum atomic E-state index is 13.8. The van der Waals surface area contributed by atoms with Crippen LogP contribution < -0.4 is 10.8 Å². The van der Waals surface area contributed by atoms with Crippen molar-refractivity contribution < 1.29 is 33.8 Å². The summed E-state index contributed by atoms with van der Waals surface area (Å²) in [5, 5.41) is 20.4. The van der Waals surface area contributed by atoms with Crippen LogP contribution in [0.25, 0.3) is 0 Å². The van der Waals surface area contributed by atoms with Gasteiger partial charge in [0.1, 0.15) is 6.10 Å². The number of phenols is 1. The smallest absolute Gasteiger partial charge is 0.412 e. The van der Waals surface area contributed by atoms with Gasteiger partial charge >= 0.3 is 6.09 Å². The maximum absolute atomic E-state index is 13.8. The molecule has 0 aromatic heterocycles. The lowest BCUT2D eigenvalue weighted by Crippen LogP contribution is -2.18. The number of ketones is 1. The third-order valence-corrected chi connectivity index (χ3v) is 4.35. The summed E-state index contributed by atoms with van der Waals surface area (Å²) in [7, 11) is 0. The number of rotatable bonds is 9. The number of halogens is 1. The number of hydrogen-bond acceptors (Lipinski definition) is 6. The Bertz CT molecular complexity index is 959.